The van der Waals surface area contributed by atoms with Crippen LogP contribution in [0, 0.1) is 0 Å². The van der Waals surface area contributed by atoms with Crippen LogP contribution >= 0.6 is 0 Å². The van der Waals surface area contributed by atoms with Gasteiger partial charge in [-0.3, -0.25) is 0 Å². The van der Waals surface area contributed by atoms with Gasteiger partial charge in [0.15, 0.2) is 0 Å². The summed E-state index contributed by atoms with van der Waals surface area (Å²) in [4.78, 5) is 11.1. The summed E-state index contributed by atoms with van der Waals surface area (Å²) in [5.74, 6) is -138. The molecule has 0 saturated heterocycles. The Hall–Kier alpha value is -3.17. The molecule has 0 fully saturated rings. The Balaban J connectivity index is 8.45. The van der Waals surface area contributed by atoms with Gasteiger partial charge < -0.3 is 5.11 Å². The molecule has 0 radical (unpaired) electrons. The molecule has 0 heterocycles. The van der Waals surface area contributed by atoms with E-state index in [1.165, 1.54) is 0 Å². The Bertz CT molecular complexity index is 1440. The minimum atomic E-state index is -9.92. The highest BCUT2D eigenvalue weighted by Gasteiger charge is 2.99. The molecule has 0 aliphatic carbocycles. The lowest BCUT2D eigenvalue weighted by Gasteiger charge is -2.45. The van der Waals surface area contributed by atoms with Gasteiger partial charge in [-0.1, -0.05) is 6.92 Å². The predicted octanol–water partition coefficient (Wildman–Crippen LogP) is 11.8. The number of hydrogen-bond donors (Lipinski definition) is 1. The van der Waals surface area contributed by atoms with Crippen molar-refractivity contribution >= 4 is 5.97 Å². The third-order valence-corrected chi connectivity index (χ3v) is 6.99. The van der Waals surface area contributed by atoms with E-state index in [0.29, 0.717) is 0 Å². The first-order chi connectivity index (χ1) is 24.0. The monoisotopic (exact) mass is 936 g/mol. The van der Waals surface area contributed by atoms with Gasteiger partial charge in [0.1, 0.15) is 0 Å². The first-order valence-corrected chi connectivity index (χ1v) is 12.4. The number of allylic oxidation sites excluding steroid dienone is 1. The van der Waals surface area contributed by atoms with Crippen molar-refractivity contribution < 1.29 is 159 Å². The summed E-state index contributed by atoms with van der Waals surface area (Å²) in [5, 5.41) is 8.63. The highest BCUT2D eigenvalue weighted by Crippen LogP contribution is 2.69. The first kappa shape index (κ1) is 53.8. The Morgan fingerprint density at radius 1 is 0.316 bits per heavy atom. The second kappa shape index (κ2) is 13.4. The molecule has 0 aromatic carbocycles. The van der Waals surface area contributed by atoms with Crippen molar-refractivity contribution in [1.29, 1.82) is 0 Å². The second-order valence-corrected chi connectivity index (χ2v) is 10.5. The average molecular weight is 936 g/mol. The molecule has 57 heavy (non-hydrogen) atoms. The zero-order valence-electron chi connectivity index (χ0n) is 24.9. The number of aliphatic carboxylic acids is 1. The van der Waals surface area contributed by atoms with Gasteiger partial charge in [-0.15, -0.1) is 0 Å². The summed E-state index contributed by atoms with van der Waals surface area (Å²) in [6.07, 6.45) is -19.8. The maximum atomic E-state index is 14.8. The SMILES string of the molecule is CCC(C(=O)O)=C(C(F)(F)C(F)(F)C(F)(F)C(F)(F)C(F)(F)C(F)(F)C(F)(F)C(F)(F)F)C(F)(F)C(F)(F)C(F)(F)C(F)(F)C(F)(F)C(F)(F)C(F)(F)C(F)(F)F. The van der Waals surface area contributed by atoms with Gasteiger partial charge in [0.25, 0.3) is 0 Å². The van der Waals surface area contributed by atoms with Crippen LogP contribution in [0.4, 0.5) is 149 Å². The van der Waals surface area contributed by atoms with Crippen LogP contribution in [0.2, 0.25) is 0 Å². The van der Waals surface area contributed by atoms with Gasteiger partial charge in [0.2, 0.25) is 0 Å². The van der Waals surface area contributed by atoms with Gasteiger partial charge in [-0.05, 0) is 6.42 Å². The Morgan fingerprint density at radius 2 is 0.474 bits per heavy atom. The lowest BCUT2D eigenvalue weighted by Crippen LogP contribution is -2.76. The fraction of sp³-hybridized carbons (Fsp3) is 0.857. The molecule has 0 aliphatic rings. The van der Waals surface area contributed by atoms with E-state index < -0.39 is 126 Å². The number of rotatable bonds is 16. The largest absolute Gasteiger partial charge is 0.478 e. The van der Waals surface area contributed by atoms with Crippen molar-refractivity contribution in [2.45, 2.75) is 109 Å². The molecule has 0 spiro atoms. The Morgan fingerprint density at radius 3 is 0.614 bits per heavy atom. The van der Waals surface area contributed by atoms with Crippen LogP contribution in [0.1, 0.15) is 13.3 Å². The number of carboxylic acids is 1. The summed E-state index contributed by atoms with van der Waals surface area (Å²) >= 11 is 0. The molecular weight excluding hydrogens is 930 g/mol. The van der Waals surface area contributed by atoms with Crippen molar-refractivity contribution in [2.24, 2.45) is 0 Å². The second-order valence-electron chi connectivity index (χ2n) is 10.5. The summed E-state index contributed by atoms with van der Waals surface area (Å²) in [6.45, 7) is -0.590. The lowest BCUT2D eigenvalue weighted by atomic mass is 9.80. The minimum absolute atomic E-state index is 0.590. The molecule has 0 aromatic heterocycles. The van der Waals surface area contributed by atoms with Gasteiger partial charge in [0, 0.05) is 5.57 Å². The first-order valence-electron chi connectivity index (χ1n) is 12.4. The van der Waals surface area contributed by atoms with Crippen molar-refractivity contribution in [3.05, 3.63) is 11.1 Å². The standard InChI is InChI=1S/C21H6F34O2/c1-2-3(5(56)57)4(6(22,23)8(26,27)10(30,31)12(34,35)14(38,39)16(42,43)18(46,47)20(50,51)52)7(24,25)9(28,29)11(32,33)13(36,37)15(40,41)17(44,45)19(48,49)21(53,54)55/h2H2,1H3,(H,56,57). The zero-order chi connectivity index (χ0) is 47.4. The normalized spacial score (nSPS) is 16.5. The highest BCUT2D eigenvalue weighted by molar-refractivity contribution is 5.88. The molecule has 0 rings (SSSR count). The molecule has 0 atom stereocenters. The fourth-order valence-electron chi connectivity index (χ4n) is 3.65. The van der Waals surface area contributed by atoms with E-state index in [2.05, 4.69) is 0 Å². The number of alkyl halides is 34. The summed E-state index contributed by atoms with van der Waals surface area (Å²) in [6, 6.07) is 0. The topological polar surface area (TPSA) is 37.3 Å². The highest BCUT2D eigenvalue weighted by atomic mass is 19.4. The van der Waals surface area contributed by atoms with E-state index in [-0.39, 0.29) is 0 Å². The zero-order valence-corrected chi connectivity index (χ0v) is 24.9. The van der Waals surface area contributed by atoms with E-state index in [9.17, 15) is 154 Å². The lowest BCUT2D eigenvalue weighted by molar-refractivity contribution is -0.464. The maximum Gasteiger partial charge on any atom is 0.460 e. The molecule has 0 saturated carbocycles. The number of halogens is 34. The van der Waals surface area contributed by atoms with Crippen LogP contribution in [0.3, 0.4) is 0 Å². The van der Waals surface area contributed by atoms with Crippen LogP contribution in [0.25, 0.3) is 0 Å². The molecule has 0 amide bonds. The Labute approximate surface area is 286 Å². The molecule has 0 aliphatic heterocycles. The number of carboxylic acid groups (broad SMARTS) is 1. The van der Waals surface area contributed by atoms with Gasteiger partial charge >= 0.3 is 101 Å². The predicted molar refractivity (Wildman–Crippen MR) is 106 cm³/mol. The molecule has 0 bridgehead atoms. The van der Waals surface area contributed by atoms with Crippen molar-refractivity contribution in [3.8, 4) is 0 Å². The molecule has 0 unspecified atom stereocenters. The summed E-state index contributed by atoms with van der Waals surface area (Å²) in [7, 11) is 0. The maximum absolute atomic E-state index is 14.8. The number of carbonyl (C=O) groups is 1. The van der Waals surface area contributed by atoms with Crippen LogP contribution in [0.15, 0.2) is 11.1 Å². The summed E-state index contributed by atoms with van der Waals surface area (Å²) in [5.41, 5.74) is -10.5. The Kier molecular flexibility index (Phi) is 12.7. The average Bonchev–Trinajstić information content (AvgIpc) is 2.96. The molecule has 0 aromatic rings. The molecule has 2 nitrogen and oxygen atoms in total. The molecule has 36 heteroatoms. The van der Waals surface area contributed by atoms with E-state index >= 15 is 0 Å². The van der Waals surface area contributed by atoms with Crippen molar-refractivity contribution in [3.63, 3.8) is 0 Å². The summed E-state index contributed by atoms with van der Waals surface area (Å²) < 4.78 is 463. The van der Waals surface area contributed by atoms with Crippen molar-refractivity contribution in [1.82, 2.24) is 0 Å². The third-order valence-electron chi connectivity index (χ3n) is 6.99. The minimum Gasteiger partial charge on any atom is -0.478 e. The smallest absolute Gasteiger partial charge is 0.460 e. The third kappa shape index (κ3) is 6.51. The van der Waals surface area contributed by atoms with E-state index in [4.69, 9.17) is 5.11 Å². The molecular formula is C21H6F34O2. The quantitative estimate of drug-likeness (QED) is 0.124. The van der Waals surface area contributed by atoms with Crippen LogP contribution in [-0.2, 0) is 4.79 Å². The molecule has 340 valence electrons. The van der Waals surface area contributed by atoms with Gasteiger partial charge in [-0.25, -0.2) is 4.79 Å². The van der Waals surface area contributed by atoms with E-state index in [1.54, 1.807) is 0 Å². The van der Waals surface area contributed by atoms with Crippen LogP contribution in [-0.4, -0.2) is 106 Å². The molecule has 1 N–H and O–H groups in total. The van der Waals surface area contributed by atoms with E-state index in [1.807, 2.05) is 0 Å². The van der Waals surface area contributed by atoms with Gasteiger partial charge in [0.05, 0.1) is 5.57 Å². The van der Waals surface area contributed by atoms with Crippen LogP contribution < -0.4 is 0 Å². The van der Waals surface area contributed by atoms with Crippen LogP contribution in [0.5, 0.6) is 0 Å². The van der Waals surface area contributed by atoms with Crippen molar-refractivity contribution in [2.75, 3.05) is 0 Å². The van der Waals surface area contributed by atoms with E-state index in [0.717, 1.165) is 0 Å². The fourth-order valence-corrected chi connectivity index (χ4v) is 3.65. The number of hydrogen-bond acceptors (Lipinski definition) is 1. The van der Waals surface area contributed by atoms with Gasteiger partial charge in [-0.2, -0.15) is 149 Å².